The summed E-state index contributed by atoms with van der Waals surface area (Å²) in [4.78, 5) is 0. The van der Waals surface area contributed by atoms with Crippen LogP contribution in [0.2, 0.25) is 5.02 Å². The molecule has 86 valence electrons. The monoisotopic (exact) mass is 229 g/mol. The molecule has 0 saturated heterocycles. The minimum atomic E-state index is 0.191. The number of hydrogen-bond acceptors (Lipinski definition) is 2. The van der Waals surface area contributed by atoms with E-state index in [1.54, 1.807) is 6.20 Å². The fourth-order valence-electron chi connectivity index (χ4n) is 1.44. The van der Waals surface area contributed by atoms with Gasteiger partial charge < -0.3 is 5.32 Å². The normalized spacial score (nSPS) is 12.1. The standard InChI is InChI=1S/C11H20ClN3/c1-11(2,3)13-7-5-6-10-9(12)8-14-15(10)4/h8,13H,5-7H2,1-4H3. The summed E-state index contributed by atoms with van der Waals surface area (Å²) < 4.78 is 1.85. The van der Waals surface area contributed by atoms with Crippen molar-refractivity contribution in [2.24, 2.45) is 7.05 Å². The Labute approximate surface area is 96.8 Å². The smallest absolute Gasteiger partial charge is 0.0817 e. The second-order valence-electron chi connectivity index (χ2n) is 4.84. The number of hydrogen-bond donors (Lipinski definition) is 1. The molecule has 0 unspecified atom stereocenters. The highest BCUT2D eigenvalue weighted by Gasteiger charge is 2.09. The highest BCUT2D eigenvalue weighted by Crippen LogP contribution is 2.15. The van der Waals surface area contributed by atoms with Gasteiger partial charge in [-0.25, -0.2) is 0 Å². The first kappa shape index (κ1) is 12.5. The molecule has 0 bridgehead atoms. The molecule has 0 aliphatic rings. The average molecular weight is 230 g/mol. The largest absolute Gasteiger partial charge is 0.312 e. The van der Waals surface area contributed by atoms with Crippen LogP contribution in [-0.4, -0.2) is 21.9 Å². The van der Waals surface area contributed by atoms with Crippen LogP contribution in [0.5, 0.6) is 0 Å². The van der Waals surface area contributed by atoms with E-state index >= 15 is 0 Å². The fraction of sp³-hybridized carbons (Fsp3) is 0.727. The van der Waals surface area contributed by atoms with E-state index in [-0.39, 0.29) is 5.54 Å². The van der Waals surface area contributed by atoms with Crippen molar-refractivity contribution in [2.45, 2.75) is 39.2 Å². The Morgan fingerprint density at radius 2 is 2.13 bits per heavy atom. The molecule has 0 aliphatic heterocycles. The number of aromatic nitrogens is 2. The van der Waals surface area contributed by atoms with Crippen LogP contribution in [0.15, 0.2) is 6.20 Å². The maximum absolute atomic E-state index is 6.01. The molecule has 0 radical (unpaired) electrons. The van der Waals surface area contributed by atoms with Crippen molar-refractivity contribution in [3.8, 4) is 0 Å². The predicted molar refractivity (Wildman–Crippen MR) is 64.3 cm³/mol. The van der Waals surface area contributed by atoms with E-state index in [0.717, 1.165) is 30.1 Å². The number of nitrogens with zero attached hydrogens (tertiary/aromatic N) is 2. The summed E-state index contributed by atoms with van der Waals surface area (Å²) in [6.07, 6.45) is 3.75. The van der Waals surface area contributed by atoms with Gasteiger partial charge in [-0.15, -0.1) is 0 Å². The number of halogens is 1. The van der Waals surface area contributed by atoms with Crippen molar-refractivity contribution >= 4 is 11.6 Å². The predicted octanol–water partition coefficient (Wildman–Crippen LogP) is 2.39. The minimum Gasteiger partial charge on any atom is -0.312 e. The topological polar surface area (TPSA) is 29.9 Å². The van der Waals surface area contributed by atoms with Crippen molar-refractivity contribution in [3.05, 3.63) is 16.9 Å². The van der Waals surface area contributed by atoms with E-state index in [0.29, 0.717) is 0 Å². The quantitative estimate of drug-likeness (QED) is 0.804. The number of rotatable bonds is 4. The highest BCUT2D eigenvalue weighted by molar-refractivity contribution is 6.31. The fourth-order valence-corrected chi connectivity index (χ4v) is 1.70. The summed E-state index contributed by atoms with van der Waals surface area (Å²) in [5.74, 6) is 0. The maximum Gasteiger partial charge on any atom is 0.0817 e. The van der Waals surface area contributed by atoms with Gasteiger partial charge in [0, 0.05) is 12.6 Å². The van der Waals surface area contributed by atoms with Gasteiger partial charge in [-0.1, -0.05) is 11.6 Å². The minimum absolute atomic E-state index is 0.191. The third-order valence-electron chi connectivity index (χ3n) is 2.26. The molecular weight excluding hydrogens is 210 g/mol. The Morgan fingerprint density at radius 3 is 2.60 bits per heavy atom. The van der Waals surface area contributed by atoms with Gasteiger partial charge >= 0.3 is 0 Å². The maximum atomic E-state index is 6.01. The van der Waals surface area contributed by atoms with Gasteiger partial charge in [0.15, 0.2) is 0 Å². The van der Waals surface area contributed by atoms with E-state index in [1.807, 2.05) is 11.7 Å². The first-order chi connectivity index (χ1) is 6.90. The lowest BCUT2D eigenvalue weighted by Crippen LogP contribution is -2.36. The van der Waals surface area contributed by atoms with Crippen LogP contribution in [0.4, 0.5) is 0 Å². The van der Waals surface area contributed by atoms with Crippen molar-refractivity contribution in [1.82, 2.24) is 15.1 Å². The van der Waals surface area contributed by atoms with Crippen LogP contribution < -0.4 is 5.32 Å². The zero-order chi connectivity index (χ0) is 11.5. The van der Waals surface area contributed by atoms with E-state index in [1.165, 1.54) is 0 Å². The lowest BCUT2D eigenvalue weighted by Gasteiger charge is -2.20. The summed E-state index contributed by atoms with van der Waals surface area (Å²) in [6, 6.07) is 0. The van der Waals surface area contributed by atoms with Gasteiger partial charge in [0.1, 0.15) is 0 Å². The zero-order valence-electron chi connectivity index (χ0n) is 9.97. The lowest BCUT2D eigenvalue weighted by molar-refractivity contribution is 0.421. The third kappa shape index (κ3) is 4.22. The van der Waals surface area contributed by atoms with Crippen molar-refractivity contribution in [3.63, 3.8) is 0 Å². The van der Waals surface area contributed by atoms with Crippen molar-refractivity contribution in [1.29, 1.82) is 0 Å². The van der Waals surface area contributed by atoms with Crippen molar-refractivity contribution in [2.75, 3.05) is 6.54 Å². The Morgan fingerprint density at radius 1 is 1.47 bits per heavy atom. The molecule has 0 saturated carbocycles. The van der Waals surface area contributed by atoms with Gasteiger partial charge in [0.05, 0.1) is 16.9 Å². The van der Waals surface area contributed by atoms with E-state index in [9.17, 15) is 0 Å². The first-order valence-electron chi connectivity index (χ1n) is 5.31. The summed E-state index contributed by atoms with van der Waals surface area (Å²) in [5.41, 5.74) is 1.31. The molecule has 1 N–H and O–H groups in total. The van der Waals surface area contributed by atoms with Crippen molar-refractivity contribution < 1.29 is 0 Å². The van der Waals surface area contributed by atoms with Gasteiger partial charge in [-0.2, -0.15) is 5.10 Å². The van der Waals surface area contributed by atoms with Gasteiger partial charge in [0.25, 0.3) is 0 Å². The molecule has 1 rings (SSSR count). The molecular formula is C11H20ClN3. The molecule has 0 aliphatic carbocycles. The summed E-state index contributed by atoms with van der Waals surface area (Å²) in [5, 5.41) is 8.33. The molecule has 0 aromatic carbocycles. The molecule has 4 heteroatoms. The Kier molecular flexibility index (Phi) is 4.17. The van der Waals surface area contributed by atoms with Crippen LogP contribution >= 0.6 is 11.6 Å². The molecule has 0 fully saturated rings. The second-order valence-corrected chi connectivity index (χ2v) is 5.25. The van der Waals surface area contributed by atoms with Crippen LogP contribution in [0.1, 0.15) is 32.9 Å². The number of nitrogens with one attached hydrogen (secondary N) is 1. The first-order valence-corrected chi connectivity index (χ1v) is 5.69. The third-order valence-corrected chi connectivity index (χ3v) is 2.57. The van der Waals surface area contributed by atoms with Crippen LogP contribution in [0.25, 0.3) is 0 Å². The van der Waals surface area contributed by atoms with E-state index < -0.39 is 0 Å². The molecule has 3 nitrogen and oxygen atoms in total. The van der Waals surface area contributed by atoms with Gasteiger partial charge in [-0.05, 0) is 40.2 Å². The molecule has 0 spiro atoms. The SMILES string of the molecule is Cn1ncc(Cl)c1CCCNC(C)(C)C. The van der Waals surface area contributed by atoms with Crippen LogP contribution in [-0.2, 0) is 13.5 Å². The molecule has 15 heavy (non-hydrogen) atoms. The Hall–Kier alpha value is -0.540. The molecule has 1 aromatic heterocycles. The highest BCUT2D eigenvalue weighted by atomic mass is 35.5. The average Bonchev–Trinajstić information content (AvgIpc) is 2.40. The molecule has 0 atom stereocenters. The summed E-state index contributed by atoms with van der Waals surface area (Å²) >= 11 is 6.01. The lowest BCUT2D eigenvalue weighted by atomic mass is 10.1. The molecule has 0 amide bonds. The number of aryl methyl sites for hydroxylation is 1. The van der Waals surface area contributed by atoms with Gasteiger partial charge in [-0.3, -0.25) is 4.68 Å². The Balaban J connectivity index is 2.32. The van der Waals surface area contributed by atoms with Gasteiger partial charge in [0.2, 0.25) is 0 Å². The van der Waals surface area contributed by atoms with Crippen LogP contribution in [0, 0.1) is 0 Å². The Bertz CT molecular complexity index is 293. The summed E-state index contributed by atoms with van der Waals surface area (Å²) in [6.45, 7) is 7.52. The van der Waals surface area contributed by atoms with E-state index in [4.69, 9.17) is 11.6 Å². The summed E-state index contributed by atoms with van der Waals surface area (Å²) in [7, 11) is 1.93. The van der Waals surface area contributed by atoms with Crippen LogP contribution in [0.3, 0.4) is 0 Å². The van der Waals surface area contributed by atoms with E-state index in [2.05, 4.69) is 31.2 Å². The molecule has 1 heterocycles. The second kappa shape index (κ2) is 4.99. The zero-order valence-corrected chi connectivity index (χ0v) is 10.7. The molecule has 1 aromatic rings.